The first kappa shape index (κ1) is 38.9. The van der Waals surface area contributed by atoms with Gasteiger partial charge in [-0.3, -0.25) is 19.2 Å². The van der Waals surface area contributed by atoms with Gasteiger partial charge in [0.2, 0.25) is 17.7 Å². The summed E-state index contributed by atoms with van der Waals surface area (Å²) >= 11 is 0. The predicted molar refractivity (Wildman–Crippen MR) is 196 cm³/mol. The molecular formula is C41H53N3O8. The van der Waals surface area contributed by atoms with Crippen LogP contribution in [-0.2, 0) is 33.4 Å². The van der Waals surface area contributed by atoms with Gasteiger partial charge in [0.25, 0.3) is 0 Å². The molecule has 8 atom stereocenters. The smallest absolute Gasteiger partial charge is 0.313 e. The first-order chi connectivity index (χ1) is 25.3. The zero-order valence-electron chi connectivity index (χ0n) is 30.4. The molecule has 2 aromatic carbocycles. The Bertz CT molecular complexity index is 1550. The van der Waals surface area contributed by atoms with E-state index in [2.05, 4.69) is 25.4 Å². The summed E-state index contributed by atoms with van der Waals surface area (Å²) in [5.74, 6) is -3.66. The van der Waals surface area contributed by atoms with Crippen LogP contribution in [0.4, 0.5) is 0 Å². The van der Waals surface area contributed by atoms with E-state index in [1.807, 2.05) is 60.7 Å². The minimum absolute atomic E-state index is 0.0559. The SMILES string of the molecule is C=CCCC(=O)N[C@H](COC)[C@H](OC(=O)[C@@H]1[C@@H]2CC[C@]3(O2)[C@H](C(=O)N(CC=C)CCCCC)N([C@H](CO)c2ccccc2)C(=O)[C@@H]13)c1ccccc1. The van der Waals surface area contributed by atoms with Crippen LogP contribution in [0.2, 0.25) is 0 Å². The van der Waals surface area contributed by atoms with Crippen molar-refractivity contribution in [1.82, 2.24) is 15.1 Å². The number of ether oxygens (including phenoxy) is 3. The lowest BCUT2D eigenvalue weighted by Crippen LogP contribution is -2.57. The molecule has 0 saturated carbocycles. The molecule has 11 heteroatoms. The molecule has 0 aliphatic carbocycles. The number of likely N-dealkylation sites (tertiary alicyclic amines) is 1. The third-order valence-electron chi connectivity index (χ3n) is 10.6. The number of carbonyl (C=O) groups excluding carboxylic acids is 4. The van der Waals surface area contributed by atoms with Crippen molar-refractivity contribution in [2.45, 2.75) is 87.8 Å². The topological polar surface area (TPSA) is 135 Å². The molecular weight excluding hydrogens is 662 g/mol. The average Bonchev–Trinajstić information content (AvgIpc) is 3.81. The van der Waals surface area contributed by atoms with Crippen LogP contribution >= 0.6 is 0 Å². The number of rotatable bonds is 20. The summed E-state index contributed by atoms with van der Waals surface area (Å²) < 4.78 is 18.5. The minimum atomic E-state index is -1.30. The number of allylic oxidation sites excluding steroid dienone is 1. The molecule has 1 spiro atoms. The molecule has 0 aromatic heterocycles. The maximum absolute atomic E-state index is 14.9. The molecule has 2 bridgehead atoms. The molecule has 0 unspecified atom stereocenters. The second kappa shape index (κ2) is 17.9. The number of methoxy groups -OCH3 is 1. The fourth-order valence-corrected chi connectivity index (χ4v) is 8.30. The largest absolute Gasteiger partial charge is 0.455 e. The standard InChI is InChI=1S/C41H53N3O8/c1-5-8-16-25-43(24-7-3)39(48)37-41-23-22-32(52-41)34(35(41)38(47)44(37)31(26-45)28-17-12-10-13-18-28)40(49)51-36(29-19-14-11-15-20-29)30(27-50-4)42-33(46)21-9-6-2/h6-7,10-15,17-20,30-32,34-37,45H,2-3,5,8-9,16,21-27H2,1,4H3,(H,42,46)/t30-,31-,32+,34-,35-,36-,37+,41-/m1/s1. The van der Waals surface area contributed by atoms with Crippen LogP contribution in [0, 0.1) is 11.8 Å². The van der Waals surface area contributed by atoms with E-state index in [4.69, 9.17) is 14.2 Å². The van der Waals surface area contributed by atoms with Gasteiger partial charge in [0.1, 0.15) is 17.7 Å². The number of unbranched alkanes of at least 4 members (excludes halogenated alkanes) is 2. The molecule has 3 aliphatic heterocycles. The number of aliphatic hydroxyl groups is 1. The van der Waals surface area contributed by atoms with Gasteiger partial charge in [-0.2, -0.15) is 0 Å². The van der Waals surface area contributed by atoms with Gasteiger partial charge in [0, 0.05) is 26.6 Å². The summed E-state index contributed by atoms with van der Waals surface area (Å²) in [4.78, 5) is 60.4. The maximum Gasteiger partial charge on any atom is 0.313 e. The highest BCUT2D eigenvalue weighted by molar-refractivity contribution is 5.98. The first-order valence-electron chi connectivity index (χ1n) is 18.5. The Morgan fingerprint density at radius 2 is 1.77 bits per heavy atom. The van der Waals surface area contributed by atoms with Crippen LogP contribution in [0.3, 0.4) is 0 Å². The van der Waals surface area contributed by atoms with Crippen LogP contribution < -0.4 is 5.32 Å². The van der Waals surface area contributed by atoms with Gasteiger partial charge in [-0.1, -0.05) is 92.6 Å². The minimum Gasteiger partial charge on any atom is -0.455 e. The number of nitrogens with zero attached hydrogens (tertiary/aromatic N) is 2. The van der Waals surface area contributed by atoms with E-state index in [1.54, 1.807) is 17.1 Å². The fourth-order valence-electron chi connectivity index (χ4n) is 8.30. The maximum atomic E-state index is 14.9. The number of carbonyl (C=O) groups is 4. The summed E-state index contributed by atoms with van der Waals surface area (Å²) in [5, 5.41) is 13.8. The van der Waals surface area contributed by atoms with E-state index in [9.17, 15) is 24.3 Å². The Morgan fingerprint density at radius 1 is 1.08 bits per heavy atom. The van der Waals surface area contributed by atoms with Crippen molar-refractivity contribution in [2.24, 2.45) is 11.8 Å². The van der Waals surface area contributed by atoms with Gasteiger partial charge in [-0.05, 0) is 36.8 Å². The third-order valence-corrected chi connectivity index (χ3v) is 10.6. The van der Waals surface area contributed by atoms with Crippen molar-refractivity contribution in [3.63, 3.8) is 0 Å². The van der Waals surface area contributed by atoms with Crippen molar-refractivity contribution in [1.29, 1.82) is 0 Å². The summed E-state index contributed by atoms with van der Waals surface area (Å²) in [7, 11) is 1.51. The van der Waals surface area contributed by atoms with E-state index in [0.29, 0.717) is 36.9 Å². The Hall–Kier alpha value is -4.32. The van der Waals surface area contributed by atoms with Crippen molar-refractivity contribution in [3.05, 3.63) is 97.1 Å². The fraction of sp³-hybridized carbons (Fsp3) is 0.512. The molecule has 52 heavy (non-hydrogen) atoms. The number of esters is 1. The van der Waals surface area contributed by atoms with E-state index >= 15 is 0 Å². The van der Waals surface area contributed by atoms with Crippen molar-refractivity contribution >= 4 is 23.7 Å². The number of benzene rings is 2. The molecule has 2 aromatic rings. The number of nitrogens with one attached hydrogen (secondary N) is 1. The lowest BCUT2D eigenvalue weighted by molar-refractivity contribution is -0.163. The van der Waals surface area contributed by atoms with Crippen molar-refractivity contribution < 1.29 is 38.5 Å². The highest BCUT2D eigenvalue weighted by Gasteiger charge is 2.76. The molecule has 0 radical (unpaired) electrons. The lowest BCUT2D eigenvalue weighted by Gasteiger charge is -2.39. The molecule has 3 fully saturated rings. The molecule has 2 N–H and O–H groups in total. The summed E-state index contributed by atoms with van der Waals surface area (Å²) in [6.07, 6.45) is 5.93. The van der Waals surface area contributed by atoms with Crippen LogP contribution in [-0.4, -0.2) is 95.8 Å². The second-order valence-corrected chi connectivity index (χ2v) is 13.9. The van der Waals surface area contributed by atoms with E-state index < -0.39 is 66.3 Å². The quantitative estimate of drug-likeness (QED) is 0.115. The van der Waals surface area contributed by atoms with E-state index in [0.717, 1.165) is 19.3 Å². The predicted octanol–water partition coefficient (Wildman–Crippen LogP) is 4.68. The van der Waals surface area contributed by atoms with E-state index in [1.165, 1.54) is 12.0 Å². The molecule has 3 saturated heterocycles. The van der Waals surface area contributed by atoms with Crippen LogP contribution in [0.25, 0.3) is 0 Å². The average molecular weight is 716 g/mol. The summed E-state index contributed by atoms with van der Waals surface area (Å²) in [6.45, 7) is 10.0. The monoisotopic (exact) mass is 715 g/mol. The summed E-state index contributed by atoms with van der Waals surface area (Å²) in [5.41, 5.74) is 0.00742. The van der Waals surface area contributed by atoms with Gasteiger partial charge in [0.15, 0.2) is 0 Å². The summed E-state index contributed by atoms with van der Waals surface area (Å²) in [6, 6.07) is 15.6. The van der Waals surface area contributed by atoms with Gasteiger partial charge < -0.3 is 34.4 Å². The zero-order valence-corrected chi connectivity index (χ0v) is 30.4. The molecule has 11 nitrogen and oxygen atoms in total. The Kier molecular flexibility index (Phi) is 13.4. The third kappa shape index (κ3) is 7.86. The first-order valence-corrected chi connectivity index (χ1v) is 18.5. The number of aliphatic hydroxyl groups excluding tert-OH is 1. The number of hydrogen-bond acceptors (Lipinski definition) is 8. The lowest BCUT2D eigenvalue weighted by atomic mass is 9.70. The van der Waals surface area contributed by atoms with Crippen molar-refractivity contribution in [2.75, 3.05) is 33.4 Å². The zero-order chi connectivity index (χ0) is 37.3. The van der Waals surface area contributed by atoms with Gasteiger partial charge in [-0.25, -0.2) is 0 Å². The molecule has 3 aliphatic rings. The normalized spacial score (nSPS) is 24.8. The second-order valence-electron chi connectivity index (χ2n) is 13.9. The van der Waals surface area contributed by atoms with Gasteiger partial charge in [-0.15, -0.1) is 13.2 Å². The highest BCUT2D eigenvalue weighted by atomic mass is 16.6. The van der Waals surface area contributed by atoms with Crippen LogP contribution in [0.1, 0.15) is 75.1 Å². The van der Waals surface area contributed by atoms with Crippen LogP contribution in [0.15, 0.2) is 86.0 Å². The molecule has 280 valence electrons. The molecule has 3 amide bonds. The Balaban J connectivity index is 1.53. The number of amides is 3. The van der Waals surface area contributed by atoms with Gasteiger partial charge >= 0.3 is 5.97 Å². The number of hydrogen-bond donors (Lipinski definition) is 2. The van der Waals surface area contributed by atoms with Gasteiger partial charge in [0.05, 0.1) is 43.2 Å². The molecule has 5 rings (SSSR count). The Morgan fingerprint density at radius 3 is 2.38 bits per heavy atom. The highest BCUT2D eigenvalue weighted by Crippen LogP contribution is 2.60. The van der Waals surface area contributed by atoms with Crippen molar-refractivity contribution in [3.8, 4) is 0 Å². The van der Waals surface area contributed by atoms with Crippen LogP contribution in [0.5, 0.6) is 0 Å². The number of fused-ring (bicyclic) bond motifs is 1. The Labute approximate surface area is 307 Å². The molecule has 3 heterocycles. The van der Waals surface area contributed by atoms with E-state index in [-0.39, 0.29) is 31.4 Å².